The smallest absolute Gasteiger partial charge is 0.0172 e. The molecule has 0 radical (unpaired) electrons. The maximum absolute atomic E-state index is 3.41. The highest BCUT2D eigenvalue weighted by atomic mass is 15.2. The zero-order chi connectivity index (χ0) is 13.9. The van der Waals surface area contributed by atoms with Gasteiger partial charge in [0, 0.05) is 16.6 Å². The minimum absolute atomic E-state index is 0.181. The second-order valence-corrected chi connectivity index (χ2v) is 7.24. The summed E-state index contributed by atoms with van der Waals surface area (Å²) in [6.45, 7) is 16.2. The van der Waals surface area contributed by atoms with Gasteiger partial charge in [-0.05, 0) is 68.5 Å². The molecule has 1 N–H and O–H groups in total. The van der Waals surface area contributed by atoms with Crippen LogP contribution in [-0.2, 0) is 0 Å². The van der Waals surface area contributed by atoms with Gasteiger partial charge in [0.05, 0.1) is 0 Å². The lowest BCUT2D eigenvalue weighted by Gasteiger charge is -2.49. The molecule has 0 aliphatic rings. The molecular weight excluding hydrogens is 208 g/mol. The van der Waals surface area contributed by atoms with E-state index in [4.69, 9.17) is 0 Å². The van der Waals surface area contributed by atoms with Gasteiger partial charge < -0.3 is 5.32 Å². The Bertz CT molecular complexity index is 229. The third-order valence-electron chi connectivity index (χ3n) is 4.23. The van der Waals surface area contributed by atoms with E-state index in [1.54, 1.807) is 0 Å². The second kappa shape index (κ2) is 5.71. The molecule has 0 rings (SSSR count). The van der Waals surface area contributed by atoms with E-state index in [2.05, 4.69) is 65.7 Å². The van der Waals surface area contributed by atoms with E-state index >= 15 is 0 Å². The monoisotopic (exact) mass is 242 g/mol. The third kappa shape index (κ3) is 4.97. The standard InChI is InChI=1S/C15H34N2/c1-10-11-14(4,5)17(9)15(6,7)12-13(2,3)16-8/h16H,10-12H2,1-9H3. The van der Waals surface area contributed by atoms with E-state index in [0.29, 0.717) is 0 Å². The molecule has 2 heteroatoms. The van der Waals surface area contributed by atoms with Crippen molar-refractivity contribution < 1.29 is 0 Å². The molecule has 0 atom stereocenters. The zero-order valence-corrected chi connectivity index (χ0v) is 13.6. The van der Waals surface area contributed by atoms with Gasteiger partial charge in [0.15, 0.2) is 0 Å². The molecule has 104 valence electrons. The van der Waals surface area contributed by atoms with Gasteiger partial charge in [-0.2, -0.15) is 0 Å². The van der Waals surface area contributed by atoms with Crippen LogP contribution in [0.1, 0.15) is 67.7 Å². The van der Waals surface area contributed by atoms with E-state index in [0.717, 1.165) is 6.42 Å². The lowest BCUT2D eigenvalue weighted by Crippen LogP contribution is -2.57. The van der Waals surface area contributed by atoms with Gasteiger partial charge in [-0.25, -0.2) is 0 Å². The summed E-state index contributed by atoms with van der Waals surface area (Å²) in [4.78, 5) is 2.54. The fraction of sp³-hybridized carbons (Fsp3) is 1.00. The number of nitrogens with zero attached hydrogens (tertiary/aromatic N) is 1. The van der Waals surface area contributed by atoms with Crippen molar-refractivity contribution in [1.29, 1.82) is 0 Å². The Morgan fingerprint density at radius 1 is 0.941 bits per heavy atom. The summed E-state index contributed by atoms with van der Waals surface area (Å²) in [6.07, 6.45) is 3.62. The quantitative estimate of drug-likeness (QED) is 0.733. The fourth-order valence-electron chi connectivity index (χ4n) is 2.89. The van der Waals surface area contributed by atoms with Crippen LogP contribution in [0.15, 0.2) is 0 Å². The Balaban J connectivity index is 4.81. The number of hydrogen-bond donors (Lipinski definition) is 1. The van der Waals surface area contributed by atoms with Gasteiger partial charge in [-0.15, -0.1) is 0 Å². The summed E-state index contributed by atoms with van der Waals surface area (Å²) in [5.41, 5.74) is 0.646. The maximum atomic E-state index is 3.41. The first-order valence-electron chi connectivity index (χ1n) is 6.91. The van der Waals surface area contributed by atoms with Gasteiger partial charge in [0.1, 0.15) is 0 Å². The van der Waals surface area contributed by atoms with Crippen molar-refractivity contribution in [1.82, 2.24) is 10.2 Å². The van der Waals surface area contributed by atoms with Crippen LogP contribution in [-0.4, -0.2) is 35.6 Å². The van der Waals surface area contributed by atoms with Gasteiger partial charge in [-0.3, -0.25) is 4.90 Å². The van der Waals surface area contributed by atoms with E-state index in [9.17, 15) is 0 Å². The molecule has 0 heterocycles. The molecule has 0 saturated heterocycles. The molecule has 0 aromatic carbocycles. The lowest BCUT2D eigenvalue weighted by atomic mass is 9.82. The van der Waals surface area contributed by atoms with Crippen molar-refractivity contribution in [2.24, 2.45) is 0 Å². The van der Waals surface area contributed by atoms with Crippen molar-refractivity contribution in [2.45, 2.75) is 84.3 Å². The van der Waals surface area contributed by atoms with Gasteiger partial charge in [0.25, 0.3) is 0 Å². The summed E-state index contributed by atoms with van der Waals surface area (Å²) >= 11 is 0. The summed E-state index contributed by atoms with van der Waals surface area (Å²) in [5, 5.41) is 3.41. The normalized spacial score (nSPS) is 14.5. The van der Waals surface area contributed by atoms with Crippen LogP contribution in [0.4, 0.5) is 0 Å². The minimum Gasteiger partial charge on any atom is -0.315 e. The predicted octanol–water partition coefficient (Wildman–Crippen LogP) is 3.66. The molecule has 0 aromatic heterocycles. The summed E-state index contributed by atoms with van der Waals surface area (Å²) in [5.74, 6) is 0. The molecule has 2 nitrogen and oxygen atoms in total. The maximum Gasteiger partial charge on any atom is 0.0172 e. The molecule has 0 aromatic rings. The number of nitrogens with one attached hydrogen (secondary N) is 1. The van der Waals surface area contributed by atoms with Crippen LogP contribution >= 0.6 is 0 Å². The van der Waals surface area contributed by atoms with E-state index in [1.807, 2.05) is 7.05 Å². The largest absolute Gasteiger partial charge is 0.315 e. The average Bonchev–Trinajstić information content (AvgIpc) is 2.15. The fourth-order valence-corrected chi connectivity index (χ4v) is 2.89. The van der Waals surface area contributed by atoms with Crippen LogP contribution in [0.5, 0.6) is 0 Å². The van der Waals surface area contributed by atoms with Gasteiger partial charge in [0.2, 0.25) is 0 Å². The number of rotatable bonds is 7. The Hall–Kier alpha value is -0.0800. The highest BCUT2D eigenvalue weighted by Gasteiger charge is 2.37. The molecule has 17 heavy (non-hydrogen) atoms. The predicted molar refractivity (Wildman–Crippen MR) is 78.6 cm³/mol. The van der Waals surface area contributed by atoms with Crippen LogP contribution in [0, 0.1) is 0 Å². The summed E-state index contributed by atoms with van der Waals surface area (Å²) in [7, 11) is 4.31. The lowest BCUT2D eigenvalue weighted by molar-refractivity contribution is 0.0186. The van der Waals surface area contributed by atoms with Crippen LogP contribution in [0.2, 0.25) is 0 Å². The van der Waals surface area contributed by atoms with Crippen molar-refractivity contribution in [3.8, 4) is 0 Å². The van der Waals surface area contributed by atoms with Crippen LogP contribution in [0.25, 0.3) is 0 Å². The van der Waals surface area contributed by atoms with Crippen LogP contribution < -0.4 is 5.32 Å². The molecule has 0 amide bonds. The van der Waals surface area contributed by atoms with Crippen molar-refractivity contribution in [2.75, 3.05) is 14.1 Å². The van der Waals surface area contributed by atoms with E-state index in [-0.39, 0.29) is 16.6 Å². The highest BCUT2D eigenvalue weighted by molar-refractivity contribution is 4.95. The van der Waals surface area contributed by atoms with E-state index < -0.39 is 0 Å². The van der Waals surface area contributed by atoms with Gasteiger partial charge >= 0.3 is 0 Å². The first-order chi connectivity index (χ1) is 7.48. The third-order valence-corrected chi connectivity index (χ3v) is 4.23. The molecule has 0 spiro atoms. The average molecular weight is 242 g/mol. The van der Waals surface area contributed by atoms with Crippen molar-refractivity contribution in [3.63, 3.8) is 0 Å². The Morgan fingerprint density at radius 2 is 1.41 bits per heavy atom. The molecule has 0 aliphatic carbocycles. The summed E-state index contributed by atoms with van der Waals surface area (Å²) in [6, 6.07) is 0. The molecule has 0 aliphatic heterocycles. The topological polar surface area (TPSA) is 15.3 Å². The SMILES string of the molecule is CCCC(C)(C)N(C)C(C)(C)CC(C)(C)NC. The van der Waals surface area contributed by atoms with E-state index in [1.165, 1.54) is 12.8 Å². The number of hydrogen-bond acceptors (Lipinski definition) is 2. The molecular formula is C15H34N2. The first kappa shape index (κ1) is 16.9. The molecule has 0 saturated carbocycles. The van der Waals surface area contributed by atoms with Crippen LogP contribution in [0.3, 0.4) is 0 Å². The molecule has 0 fully saturated rings. The minimum atomic E-state index is 0.181. The Labute approximate surface area is 109 Å². The zero-order valence-electron chi connectivity index (χ0n) is 13.6. The second-order valence-electron chi connectivity index (χ2n) is 7.24. The highest BCUT2D eigenvalue weighted by Crippen LogP contribution is 2.32. The van der Waals surface area contributed by atoms with Crippen molar-refractivity contribution in [3.05, 3.63) is 0 Å². The molecule has 0 unspecified atom stereocenters. The Kier molecular flexibility index (Phi) is 5.68. The first-order valence-corrected chi connectivity index (χ1v) is 6.91. The van der Waals surface area contributed by atoms with Gasteiger partial charge in [-0.1, -0.05) is 13.3 Å². The molecule has 0 bridgehead atoms. The van der Waals surface area contributed by atoms with Crippen molar-refractivity contribution >= 4 is 0 Å². The summed E-state index contributed by atoms with van der Waals surface area (Å²) < 4.78 is 0. The Morgan fingerprint density at radius 3 is 1.76 bits per heavy atom.